The number of nitrogens with zero attached hydrogens (tertiary/aromatic N) is 5. The van der Waals surface area contributed by atoms with Crippen molar-refractivity contribution in [1.29, 1.82) is 0 Å². The van der Waals surface area contributed by atoms with Gasteiger partial charge in [-0.2, -0.15) is 10.1 Å². The Morgan fingerprint density at radius 3 is 2.27 bits per heavy atom. The number of rotatable bonds is 5. The van der Waals surface area contributed by atoms with Crippen molar-refractivity contribution < 1.29 is 0 Å². The number of aryl methyl sites for hydroxylation is 1. The molecule has 2 heterocycles. The number of anilines is 1. The Bertz CT molecular complexity index is 1350. The molecule has 0 aliphatic heterocycles. The first kappa shape index (κ1) is 19.4. The fourth-order valence-electron chi connectivity index (χ4n) is 3.33. The number of hydrogen-bond acceptors (Lipinski definition) is 5. The number of hydrazone groups is 1. The molecule has 0 atom stereocenters. The quantitative estimate of drug-likeness (QED) is 0.410. The van der Waals surface area contributed by atoms with E-state index in [1.807, 2.05) is 67.6 Å². The number of aromatic nitrogens is 4. The smallest absolute Gasteiger partial charge is 0.298 e. The van der Waals surface area contributed by atoms with Crippen LogP contribution < -0.4 is 16.7 Å². The molecule has 0 radical (unpaired) electrons. The van der Waals surface area contributed by atoms with Crippen LogP contribution in [0.4, 0.5) is 5.95 Å². The van der Waals surface area contributed by atoms with Gasteiger partial charge in [-0.05, 0) is 18.1 Å². The molecule has 4 aromatic rings. The third kappa shape index (κ3) is 3.43. The Kier molecular flexibility index (Phi) is 5.05. The molecule has 8 heteroatoms. The van der Waals surface area contributed by atoms with Gasteiger partial charge in [-0.15, -0.1) is 0 Å². The minimum Gasteiger partial charge on any atom is -0.298 e. The molecule has 0 aliphatic carbocycles. The maximum Gasteiger partial charge on any atom is 0.332 e. The molecule has 8 nitrogen and oxygen atoms in total. The monoisotopic (exact) mass is 402 g/mol. The molecule has 1 N–H and O–H groups in total. The Hall–Kier alpha value is -3.94. The molecular formula is C22H22N6O2. The Morgan fingerprint density at radius 1 is 0.967 bits per heavy atom. The fourth-order valence-corrected chi connectivity index (χ4v) is 3.33. The molecule has 4 rings (SSSR count). The van der Waals surface area contributed by atoms with Crippen LogP contribution in [0.15, 0.2) is 75.4 Å². The number of nitrogens with one attached hydrogen (secondary N) is 1. The first-order valence-electron chi connectivity index (χ1n) is 9.53. The fraction of sp³-hybridized carbons (Fsp3) is 0.182. The lowest BCUT2D eigenvalue weighted by atomic mass is 10.1. The largest absolute Gasteiger partial charge is 0.332 e. The van der Waals surface area contributed by atoms with Crippen LogP contribution in [-0.4, -0.2) is 24.4 Å². The van der Waals surface area contributed by atoms with Gasteiger partial charge in [-0.25, -0.2) is 10.2 Å². The summed E-state index contributed by atoms with van der Waals surface area (Å²) in [7, 11) is 3.07. The van der Waals surface area contributed by atoms with Crippen LogP contribution in [0.3, 0.4) is 0 Å². The highest BCUT2D eigenvalue weighted by molar-refractivity contribution is 5.99. The maximum absolute atomic E-state index is 12.9. The van der Waals surface area contributed by atoms with Gasteiger partial charge in [0, 0.05) is 14.1 Å². The summed E-state index contributed by atoms with van der Waals surface area (Å²) in [6, 6.07) is 19.5. The van der Waals surface area contributed by atoms with Gasteiger partial charge < -0.3 is 0 Å². The highest BCUT2D eigenvalue weighted by Gasteiger charge is 2.19. The molecule has 2 aromatic heterocycles. The van der Waals surface area contributed by atoms with Crippen molar-refractivity contribution in [2.24, 2.45) is 19.2 Å². The third-order valence-corrected chi connectivity index (χ3v) is 5.05. The van der Waals surface area contributed by atoms with E-state index in [0.717, 1.165) is 21.4 Å². The number of benzene rings is 2. The molecule has 0 saturated carbocycles. The molecule has 0 unspecified atom stereocenters. The number of hydrogen-bond donors (Lipinski definition) is 1. The van der Waals surface area contributed by atoms with E-state index in [2.05, 4.69) is 15.5 Å². The van der Waals surface area contributed by atoms with Crippen molar-refractivity contribution in [2.75, 3.05) is 5.43 Å². The van der Waals surface area contributed by atoms with Crippen LogP contribution in [-0.2, 0) is 20.6 Å². The lowest BCUT2D eigenvalue weighted by Crippen LogP contribution is -2.37. The predicted octanol–water partition coefficient (Wildman–Crippen LogP) is 2.32. The highest BCUT2D eigenvalue weighted by Crippen LogP contribution is 2.18. The lowest BCUT2D eigenvalue weighted by Gasteiger charge is -2.10. The molecule has 30 heavy (non-hydrogen) atoms. The van der Waals surface area contributed by atoms with E-state index in [0.29, 0.717) is 23.7 Å². The summed E-state index contributed by atoms with van der Waals surface area (Å²) in [6.07, 6.45) is 0. The summed E-state index contributed by atoms with van der Waals surface area (Å²) in [4.78, 5) is 29.8. The standard InChI is InChI=1S/C22H22N6O2/c1-15(17-12-8-5-9-13-17)24-25-21-23-19-18(20(29)27(3)22(30)26(19)2)28(21)14-16-10-6-4-7-11-16/h4-13H,14H2,1-3H3,(H,23,25). The molecule has 2 aromatic carbocycles. The van der Waals surface area contributed by atoms with Crippen LogP contribution in [0.2, 0.25) is 0 Å². The van der Waals surface area contributed by atoms with Crippen LogP contribution in [0.25, 0.3) is 11.2 Å². The second-order valence-electron chi connectivity index (χ2n) is 7.06. The van der Waals surface area contributed by atoms with Crippen LogP contribution in [0.1, 0.15) is 18.1 Å². The van der Waals surface area contributed by atoms with E-state index in [9.17, 15) is 9.59 Å². The Balaban J connectivity index is 1.87. The van der Waals surface area contributed by atoms with Crippen LogP contribution in [0, 0.1) is 0 Å². The maximum atomic E-state index is 12.9. The summed E-state index contributed by atoms with van der Waals surface area (Å²) in [6.45, 7) is 2.30. The van der Waals surface area contributed by atoms with E-state index in [1.54, 1.807) is 11.6 Å². The van der Waals surface area contributed by atoms with Crippen molar-refractivity contribution in [1.82, 2.24) is 18.7 Å². The normalized spacial score (nSPS) is 11.8. The van der Waals surface area contributed by atoms with E-state index in [-0.39, 0.29) is 0 Å². The van der Waals surface area contributed by atoms with E-state index >= 15 is 0 Å². The molecule has 152 valence electrons. The molecule has 0 spiro atoms. The Labute approximate surface area is 172 Å². The molecular weight excluding hydrogens is 380 g/mol. The zero-order valence-electron chi connectivity index (χ0n) is 17.0. The van der Waals surface area contributed by atoms with E-state index < -0.39 is 11.2 Å². The Morgan fingerprint density at radius 2 is 1.60 bits per heavy atom. The van der Waals surface area contributed by atoms with Gasteiger partial charge in [0.25, 0.3) is 5.56 Å². The topological polar surface area (TPSA) is 86.2 Å². The van der Waals surface area contributed by atoms with Crippen molar-refractivity contribution in [3.63, 3.8) is 0 Å². The van der Waals surface area contributed by atoms with Gasteiger partial charge in [0.2, 0.25) is 5.95 Å². The minimum absolute atomic E-state index is 0.314. The zero-order chi connectivity index (χ0) is 21.3. The van der Waals surface area contributed by atoms with Gasteiger partial charge >= 0.3 is 5.69 Å². The summed E-state index contributed by atoms with van der Waals surface area (Å²) >= 11 is 0. The van der Waals surface area contributed by atoms with Gasteiger partial charge in [-0.1, -0.05) is 60.7 Å². The average Bonchev–Trinajstić information content (AvgIpc) is 3.14. The summed E-state index contributed by atoms with van der Waals surface area (Å²) in [5.74, 6) is 0.391. The minimum atomic E-state index is -0.424. The second kappa shape index (κ2) is 7.82. The van der Waals surface area contributed by atoms with Crippen molar-refractivity contribution in [2.45, 2.75) is 13.5 Å². The van der Waals surface area contributed by atoms with E-state index in [4.69, 9.17) is 0 Å². The van der Waals surface area contributed by atoms with Crippen molar-refractivity contribution in [3.8, 4) is 0 Å². The molecule has 0 amide bonds. The molecule has 0 bridgehead atoms. The zero-order valence-corrected chi connectivity index (χ0v) is 17.0. The molecule has 0 fully saturated rings. The summed E-state index contributed by atoms with van der Waals surface area (Å²) in [5.41, 5.74) is 5.58. The molecule has 0 saturated heterocycles. The SMILES string of the molecule is CC(=NNc1nc2c(c(=O)n(C)c(=O)n2C)n1Cc1ccccc1)c1ccccc1. The second-order valence-corrected chi connectivity index (χ2v) is 7.06. The molecule has 0 aliphatic rings. The summed E-state index contributed by atoms with van der Waals surface area (Å²) < 4.78 is 4.22. The predicted molar refractivity (Wildman–Crippen MR) is 118 cm³/mol. The van der Waals surface area contributed by atoms with E-state index in [1.165, 1.54) is 11.6 Å². The number of imidazole rings is 1. The van der Waals surface area contributed by atoms with Crippen LogP contribution in [0.5, 0.6) is 0 Å². The average molecular weight is 402 g/mol. The first-order chi connectivity index (χ1) is 14.5. The first-order valence-corrected chi connectivity index (χ1v) is 9.53. The van der Waals surface area contributed by atoms with Crippen molar-refractivity contribution in [3.05, 3.63) is 92.6 Å². The van der Waals surface area contributed by atoms with Gasteiger partial charge in [-0.3, -0.25) is 18.5 Å². The highest BCUT2D eigenvalue weighted by atomic mass is 16.2. The van der Waals surface area contributed by atoms with Gasteiger partial charge in [0.1, 0.15) is 0 Å². The van der Waals surface area contributed by atoms with Crippen molar-refractivity contribution >= 4 is 22.8 Å². The van der Waals surface area contributed by atoms with Crippen LogP contribution >= 0.6 is 0 Å². The summed E-state index contributed by atoms with van der Waals surface area (Å²) in [5, 5.41) is 4.45. The number of fused-ring (bicyclic) bond motifs is 1. The van der Waals surface area contributed by atoms with Gasteiger partial charge in [0.15, 0.2) is 11.2 Å². The lowest BCUT2D eigenvalue weighted by molar-refractivity contribution is 0.702. The third-order valence-electron chi connectivity index (χ3n) is 5.05. The van der Waals surface area contributed by atoms with Gasteiger partial charge in [0.05, 0.1) is 12.3 Å².